The minimum absolute atomic E-state index is 0.0146. The fourth-order valence-corrected chi connectivity index (χ4v) is 5.00. The second kappa shape index (κ2) is 13.9. The summed E-state index contributed by atoms with van der Waals surface area (Å²) in [5, 5.41) is 5.80. The van der Waals surface area contributed by atoms with Gasteiger partial charge in [0.2, 0.25) is 11.6 Å². The number of para-hydroxylation sites is 1. The van der Waals surface area contributed by atoms with E-state index in [1.54, 1.807) is 66.7 Å². The molecule has 1 saturated heterocycles. The van der Waals surface area contributed by atoms with Crippen LogP contribution in [0.2, 0.25) is 5.02 Å². The average molecular weight is 610 g/mol. The van der Waals surface area contributed by atoms with E-state index in [0.717, 1.165) is 0 Å². The van der Waals surface area contributed by atoms with Crippen molar-refractivity contribution in [3.05, 3.63) is 82.9 Å². The van der Waals surface area contributed by atoms with Crippen molar-refractivity contribution in [3.8, 4) is 11.5 Å². The Hall–Kier alpha value is -4.77. The van der Waals surface area contributed by atoms with Crippen molar-refractivity contribution in [3.63, 3.8) is 0 Å². The highest BCUT2D eigenvalue weighted by Gasteiger charge is 2.47. The summed E-state index contributed by atoms with van der Waals surface area (Å²) in [7, 11) is 2.75. The maximum atomic E-state index is 13.6. The van der Waals surface area contributed by atoms with Crippen LogP contribution >= 0.6 is 11.6 Å². The van der Waals surface area contributed by atoms with Gasteiger partial charge in [0.05, 0.1) is 42.6 Å². The highest BCUT2D eigenvalue weighted by molar-refractivity contribution is 6.33. The van der Waals surface area contributed by atoms with Crippen LogP contribution in [0.1, 0.15) is 35.7 Å². The molecule has 0 spiro atoms. The van der Waals surface area contributed by atoms with Crippen molar-refractivity contribution in [2.24, 2.45) is 0 Å². The molecule has 1 aliphatic heterocycles. The molecule has 11 nitrogen and oxygen atoms in total. The number of esters is 2. The van der Waals surface area contributed by atoms with Crippen LogP contribution in [0.25, 0.3) is 0 Å². The quantitative estimate of drug-likeness (QED) is 0.297. The molecular weight excluding hydrogens is 578 g/mol. The molecule has 12 heteroatoms. The van der Waals surface area contributed by atoms with E-state index < -0.39 is 23.7 Å². The molecule has 1 fully saturated rings. The fraction of sp³-hybridized carbons (Fsp3) is 0.290. The molecule has 2 N–H and O–H groups in total. The molecule has 0 bridgehead atoms. The predicted molar refractivity (Wildman–Crippen MR) is 160 cm³/mol. The summed E-state index contributed by atoms with van der Waals surface area (Å²) < 4.78 is 21.8. The Labute approximate surface area is 254 Å². The molecule has 226 valence electrons. The Morgan fingerprint density at radius 2 is 1.67 bits per heavy atom. The van der Waals surface area contributed by atoms with E-state index in [2.05, 4.69) is 10.6 Å². The number of halogens is 1. The molecule has 0 radical (unpaired) electrons. The third kappa shape index (κ3) is 7.75. The minimum atomic E-state index is -1.30. The first kappa shape index (κ1) is 31.2. The zero-order chi connectivity index (χ0) is 31.0. The van der Waals surface area contributed by atoms with Gasteiger partial charge in [0.25, 0.3) is 0 Å². The Balaban J connectivity index is 1.45. The Kier molecular flexibility index (Phi) is 10.1. The first-order chi connectivity index (χ1) is 20.6. The highest BCUT2D eigenvalue weighted by Crippen LogP contribution is 2.34. The number of hydrogen-bond acceptors (Lipinski definition) is 8. The Bertz CT molecular complexity index is 1500. The Morgan fingerprint density at radius 1 is 0.953 bits per heavy atom. The maximum Gasteiger partial charge on any atom is 0.337 e. The van der Waals surface area contributed by atoms with Crippen LogP contribution in [-0.2, 0) is 25.5 Å². The van der Waals surface area contributed by atoms with Crippen LogP contribution in [0.15, 0.2) is 66.7 Å². The van der Waals surface area contributed by atoms with Gasteiger partial charge in [0, 0.05) is 19.9 Å². The summed E-state index contributed by atoms with van der Waals surface area (Å²) in [5.41, 5.74) is 0.533. The van der Waals surface area contributed by atoms with E-state index in [-0.39, 0.29) is 18.9 Å². The molecule has 3 amide bonds. The average Bonchev–Trinajstić information content (AvgIpc) is 3.40. The predicted octanol–water partition coefficient (Wildman–Crippen LogP) is 5.28. The van der Waals surface area contributed by atoms with Gasteiger partial charge in [0.1, 0.15) is 18.1 Å². The van der Waals surface area contributed by atoms with Crippen LogP contribution in [0, 0.1) is 0 Å². The molecule has 1 aliphatic rings. The topological polar surface area (TPSA) is 132 Å². The fourth-order valence-electron chi connectivity index (χ4n) is 4.82. The lowest BCUT2D eigenvalue weighted by atomic mass is 10.1. The summed E-state index contributed by atoms with van der Waals surface area (Å²) in [6.45, 7) is 1.56. The number of rotatable bonds is 10. The van der Waals surface area contributed by atoms with Gasteiger partial charge in [-0.25, -0.2) is 9.59 Å². The third-order valence-electron chi connectivity index (χ3n) is 6.81. The molecule has 0 unspecified atom stereocenters. The molecule has 4 rings (SSSR count). The first-order valence-electron chi connectivity index (χ1n) is 13.4. The van der Waals surface area contributed by atoms with Gasteiger partial charge in [-0.2, -0.15) is 0 Å². The summed E-state index contributed by atoms with van der Waals surface area (Å²) in [5.74, 6) is -0.508. The second-order valence-corrected chi connectivity index (χ2v) is 10.2. The number of carbonyl (C=O) groups excluding carboxylic acids is 4. The number of hydrogen-bond donors (Lipinski definition) is 2. The number of ether oxygens (including phenoxy) is 4. The number of benzene rings is 3. The van der Waals surface area contributed by atoms with Crippen molar-refractivity contribution in [2.45, 2.75) is 31.9 Å². The second-order valence-electron chi connectivity index (χ2n) is 9.76. The summed E-state index contributed by atoms with van der Waals surface area (Å²) >= 11 is 6.12. The Morgan fingerprint density at radius 3 is 2.35 bits per heavy atom. The standard InChI is InChI=1S/C31H32ClN3O8/c1-20(36)43-31(19-42-23-12-10-22(11-13-23)29(38)41-3)15-6-16-35(31)28(37)18-21-9-14-26(27(17-21)40-2)34-30(39)33-25-8-5-4-7-24(25)32/h4-5,7-14,17H,6,15-16,18-19H2,1-3H3,(H2,33,34,39)/t31-/m0/s1. The monoisotopic (exact) mass is 609 g/mol. The number of carbonyl (C=O) groups is 4. The van der Waals surface area contributed by atoms with Crippen molar-refractivity contribution in [2.75, 3.05) is 38.0 Å². The lowest BCUT2D eigenvalue weighted by Crippen LogP contribution is -2.54. The lowest BCUT2D eigenvalue weighted by molar-refractivity contribution is -0.187. The molecule has 43 heavy (non-hydrogen) atoms. The number of anilines is 2. The lowest BCUT2D eigenvalue weighted by Gasteiger charge is -2.37. The van der Waals surface area contributed by atoms with Gasteiger partial charge in [-0.1, -0.05) is 29.8 Å². The van der Waals surface area contributed by atoms with E-state index in [0.29, 0.717) is 58.4 Å². The number of methoxy groups -OCH3 is 2. The molecular formula is C31H32ClN3O8. The van der Waals surface area contributed by atoms with Crippen molar-refractivity contribution in [1.29, 1.82) is 0 Å². The maximum absolute atomic E-state index is 13.6. The molecule has 3 aromatic rings. The molecule has 1 heterocycles. The third-order valence-corrected chi connectivity index (χ3v) is 7.14. The van der Waals surface area contributed by atoms with Gasteiger partial charge >= 0.3 is 18.0 Å². The van der Waals surface area contributed by atoms with Crippen LogP contribution in [-0.4, -0.2) is 61.9 Å². The zero-order valence-electron chi connectivity index (χ0n) is 24.0. The number of urea groups is 1. The largest absolute Gasteiger partial charge is 0.495 e. The first-order valence-corrected chi connectivity index (χ1v) is 13.8. The highest BCUT2D eigenvalue weighted by atomic mass is 35.5. The van der Waals surface area contributed by atoms with Gasteiger partial charge in [-0.05, 0) is 60.5 Å². The van der Waals surface area contributed by atoms with E-state index >= 15 is 0 Å². The van der Waals surface area contributed by atoms with Crippen LogP contribution in [0.3, 0.4) is 0 Å². The minimum Gasteiger partial charge on any atom is -0.495 e. The molecule has 0 saturated carbocycles. The van der Waals surface area contributed by atoms with Crippen molar-refractivity contribution >= 4 is 46.9 Å². The van der Waals surface area contributed by atoms with Gasteiger partial charge in [0.15, 0.2) is 0 Å². The van der Waals surface area contributed by atoms with Gasteiger partial charge in [-0.3, -0.25) is 9.59 Å². The van der Waals surface area contributed by atoms with Gasteiger partial charge in [-0.15, -0.1) is 0 Å². The van der Waals surface area contributed by atoms with Crippen molar-refractivity contribution < 1.29 is 38.1 Å². The summed E-state index contributed by atoms with van der Waals surface area (Å²) in [6.07, 6.45) is 0.987. The normalized spacial score (nSPS) is 15.8. The zero-order valence-corrected chi connectivity index (χ0v) is 24.7. The number of nitrogens with zero attached hydrogens (tertiary/aromatic N) is 1. The number of nitrogens with one attached hydrogen (secondary N) is 2. The summed E-state index contributed by atoms with van der Waals surface area (Å²) in [4.78, 5) is 51.5. The van der Waals surface area contributed by atoms with Crippen LogP contribution in [0.4, 0.5) is 16.2 Å². The van der Waals surface area contributed by atoms with E-state index in [1.807, 2.05) is 0 Å². The van der Waals surface area contributed by atoms with Crippen molar-refractivity contribution in [1.82, 2.24) is 4.90 Å². The SMILES string of the molecule is COC(=O)c1ccc(OC[C@@]2(OC(C)=O)CCCN2C(=O)Cc2ccc(NC(=O)Nc3ccccc3Cl)c(OC)c2)cc1. The molecule has 0 aliphatic carbocycles. The van der Waals surface area contributed by atoms with Crippen LogP contribution < -0.4 is 20.1 Å². The number of amides is 3. The molecule has 0 aromatic heterocycles. The smallest absolute Gasteiger partial charge is 0.337 e. The van der Waals surface area contributed by atoms with E-state index in [4.69, 9.17) is 30.5 Å². The molecule has 3 aromatic carbocycles. The van der Waals surface area contributed by atoms with Gasteiger partial charge < -0.3 is 34.5 Å². The van der Waals surface area contributed by atoms with E-state index in [9.17, 15) is 19.2 Å². The molecule has 1 atom stereocenters. The summed E-state index contributed by atoms with van der Waals surface area (Å²) in [6, 6.07) is 17.7. The number of likely N-dealkylation sites (tertiary alicyclic amines) is 1. The van der Waals surface area contributed by atoms with E-state index in [1.165, 1.54) is 26.0 Å². The van der Waals surface area contributed by atoms with Crippen LogP contribution in [0.5, 0.6) is 11.5 Å².